The number of ether oxygens (including phenoxy) is 1. The maximum absolute atomic E-state index is 13.9. The van der Waals surface area contributed by atoms with Gasteiger partial charge < -0.3 is 15.0 Å². The maximum atomic E-state index is 13.9. The Balaban J connectivity index is 1.86. The molecule has 190 valence electrons. The normalized spacial score (nSPS) is 11.9. The quantitative estimate of drug-likeness (QED) is 0.473. The third-order valence-corrected chi connectivity index (χ3v) is 6.47. The topological polar surface area (TPSA) is 105 Å². The highest BCUT2D eigenvalue weighted by molar-refractivity contribution is 7.90. The molecule has 36 heavy (non-hydrogen) atoms. The van der Waals surface area contributed by atoms with Crippen LogP contribution < -0.4 is 19.7 Å². The van der Waals surface area contributed by atoms with E-state index in [2.05, 4.69) is 5.32 Å². The van der Waals surface area contributed by atoms with Gasteiger partial charge in [0.15, 0.2) is 0 Å². The number of amides is 3. The fraction of sp³-hybridized carbons (Fsp3) is 0.167. The summed E-state index contributed by atoms with van der Waals surface area (Å²) >= 11 is 0. The third kappa shape index (κ3) is 6.54. The molecule has 3 aromatic rings. The second-order valence-electron chi connectivity index (χ2n) is 7.64. The van der Waals surface area contributed by atoms with Gasteiger partial charge in [0.2, 0.25) is 5.91 Å². The van der Waals surface area contributed by atoms with Crippen molar-refractivity contribution in [2.45, 2.75) is 17.4 Å². The van der Waals surface area contributed by atoms with Gasteiger partial charge in [0, 0.05) is 25.2 Å². The second-order valence-corrected chi connectivity index (χ2v) is 9.29. The monoisotopic (exact) mass is 521 g/mol. The van der Waals surface area contributed by atoms with Crippen molar-refractivity contribution in [2.24, 2.45) is 0 Å². The van der Waals surface area contributed by atoms with Crippen LogP contribution in [0.15, 0.2) is 71.6 Å². The van der Waals surface area contributed by atoms with Gasteiger partial charge in [0.05, 0.1) is 7.11 Å². The van der Waals surface area contributed by atoms with E-state index >= 15 is 0 Å². The first-order valence-electron chi connectivity index (χ1n) is 10.4. The van der Waals surface area contributed by atoms with Gasteiger partial charge >= 0.3 is 6.03 Å². The number of nitrogens with one attached hydrogen (secondary N) is 2. The Bertz CT molecular complexity index is 1350. The molecule has 0 bridgehead atoms. The SMILES string of the molecule is COc1ccc(N(C)C(=O)[C@H](Cc2cc(F)cc(F)c2)NC(=O)NS(=O)(=O)c2ccccc2F)cc1. The number of halogens is 3. The van der Waals surface area contributed by atoms with Gasteiger partial charge in [-0.1, -0.05) is 12.1 Å². The highest BCUT2D eigenvalue weighted by Crippen LogP contribution is 2.20. The molecule has 0 saturated heterocycles. The number of urea groups is 1. The fourth-order valence-corrected chi connectivity index (χ4v) is 4.35. The van der Waals surface area contributed by atoms with Gasteiger partial charge in [-0.15, -0.1) is 0 Å². The van der Waals surface area contributed by atoms with E-state index in [1.165, 1.54) is 31.2 Å². The molecule has 12 heteroatoms. The number of hydrogen-bond donors (Lipinski definition) is 2. The zero-order chi connectivity index (χ0) is 26.5. The Kier molecular flexibility index (Phi) is 8.20. The zero-order valence-corrected chi connectivity index (χ0v) is 20.0. The molecule has 0 radical (unpaired) electrons. The number of anilines is 1. The molecule has 3 amide bonds. The van der Waals surface area contributed by atoms with E-state index in [9.17, 15) is 31.2 Å². The van der Waals surface area contributed by atoms with Crippen molar-refractivity contribution in [3.63, 3.8) is 0 Å². The minimum Gasteiger partial charge on any atom is -0.497 e. The van der Waals surface area contributed by atoms with Crippen LogP contribution in [0.5, 0.6) is 5.75 Å². The van der Waals surface area contributed by atoms with E-state index < -0.39 is 50.4 Å². The lowest BCUT2D eigenvalue weighted by atomic mass is 10.0. The average molecular weight is 522 g/mol. The van der Waals surface area contributed by atoms with Crippen LogP contribution in [-0.4, -0.2) is 40.6 Å². The van der Waals surface area contributed by atoms with E-state index in [1.807, 2.05) is 0 Å². The molecule has 0 spiro atoms. The highest BCUT2D eigenvalue weighted by atomic mass is 32.2. The van der Waals surface area contributed by atoms with Crippen LogP contribution in [0.3, 0.4) is 0 Å². The Morgan fingerprint density at radius 1 is 0.972 bits per heavy atom. The summed E-state index contributed by atoms with van der Waals surface area (Å²) in [5, 5.41) is 2.21. The molecule has 0 fully saturated rings. The predicted molar refractivity (Wildman–Crippen MR) is 126 cm³/mol. The van der Waals surface area contributed by atoms with Crippen LogP contribution in [0, 0.1) is 17.5 Å². The Hall–Kier alpha value is -4.06. The number of hydrogen-bond acceptors (Lipinski definition) is 5. The lowest BCUT2D eigenvalue weighted by Crippen LogP contribution is -2.52. The zero-order valence-electron chi connectivity index (χ0n) is 19.2. The number of methoxy groups -OCH3 is 1. The summed E-state index contributed by atoms with van der Waals surface area (Å²) in [6, 6.07) is 10.5. The minimum absolute atomic E-state index is 0.0336. The number of rotatable bonds is 8. The molecule has 0 aliphatic rings. The van der Waals surface area contributed by atoms with E-state index in [0.29, 0.717) is 17.5 Å². The summed E-state index contributed by atoms with van der Waals surface area (Å²) in [6.45, 7) is 0. The number of carbonyl (C=O) groups excluding carboxylic acids is 2. The molecule has 0 aliphatic heterocycles. The molecule has 0 heterocycles. The first kappa shape index (κ1) is 26.5. The number of benzene rings is 3. The molecule has 2 N–H and O–H groups in total. The van der Waals surface area contributed by atoms with Gasteiger partial charge in [-0.3, -0.25) is 4.79 Å². The van der Waals surface area contributed by atoms with Crippen molar-refractivity contribution in [3.8, 4) is 5.75 Å². The second kappa shape index (κ2) is 11.1. The maximum Gasteiger partial charge on any atom is 0.329 e. The summed E-state index contributed by atoms with van der Waals surface area (Å²) in [7, 11) is -1.75. The van der Waals surface area contributed by atoms with Gasteiger partial charge in [-0.05, 0) is 54.1 Å². The summed E-state index contributed by atoms with van der Waals surface area (Å²) < 4.78 is 73.0. The molecule has 1 atom stereocenters. The summed E-state index contributed by atoms with van der Waals surface area (Å²) in [5.74, 6) is -3.07. The van der Waals surface area contributed by atoms with E-state index in [4.69, 9.17) is 4.74 Å². The molecule has 0 saturated carbocycles. The molecule has 0 aliphatic carbocycles. The number of likely N-dealkylation sites (N-methyl/N-ethyl adjacent to an activating group) is 1. The van der Waals surface area contributed by atoms with Crippen LogP contribution in [0.1, 0.15) is 5.56 Å². The van der Waals surface area contributed by atoms with Crippen LogP contribution in [0.25, 0.3) is 0 Å². The van der Waals surface area contributed by atoms with Crippen LogP contribution in [-0.2, 0) is 21.2 Å². The van der Waals surface area contributed by atoms with Crippen molar-refractivity contribution in [2.75, 3.05) is 19.1 Å². The third-order valence-electron chi connectivity index (χ3n) is 5.11. The van der Waals surface area contributed by atoms with Crippen LogP contribution >= 0.6 is 0 Å². The van der Waals surface area contributed by atoms with Crippen LogP contribution in [0.4, 0.5) is 23.7 Å². The van der Waals surface area contributed by atoms with E-state index in [0.717, 1.165) is 24.3 Å². The molecule has 3 rings (SSSR count). The van der Waals surface area contributed by atoms with E-state index in [-0.39, 0.29) is 12.0 Å². The van der Waals surface area contributed by atoms with Crippen molar-refractivity contribution in [1.82, 2.24) is 10.0 Å². The molecule has 0 unspecified atom stereocenters. The first-order chi connectivity index (χ1) is 17.0. The van der Waals surface area contributed by atoms with Crippen molar-refractivity contribution in [1.29, 1.82) is 0 Å². The minimum atomic E-state index is -4.62. The summed E-state index contributed by atoms with van der Waals surface area (Å²) in [6.07, 6.45) is -0.374. The molecule has 0 aromatic heterocycles. The van der Waals surface area contributed by atoms with Crippen molar-refractivity contribution in [3.05, 3.63) is 89.7 Å². The lowest BCUT2D eigenvalue weighted by molar-refractivity contribution is -0.120. The Morgan fingerprint density at radius 2 is 1.58 bits per heavy atom. The summed E-state index contributed by atoms with van der Waals surface area (Å²) in [5.41, 5.74) is 0.434. The number of carbonyl (C=O) groups is 2. The first-order valence-corrected chi connectivity index (χ1v) is 11.9. The molecule has 3 aromatic carbocycles. The smallest absolute Gasteiger partial charge is 0.329 e. The Labute approximate surface area is 205 Å². The number of sulfonamides is 1. The molecule has 8 nitrogen and oxygen atoms in total. The van der Waals surface area contributed by atoms with Gasteiger partial charge in [0.25, 0.3) is 10.0 Å². The van der Waals surface area contributed by atoms with Crippen LogP contribution in [0.2, 0.25) is 0 Å². The largest absolute Gasteiger partial charge is 0.497 e. The van der Waals surface area contributed by atoms with Crippen molar-refractivity contribution < 1.29 is 35.9 Å². The van der Waals surface area contributed by atoms with E-state index in [1.54, 1.807) is 29.0 Å². The van der Waals surface area contributed by atoms with Gasteiger partial charge in [-0.25, -0.2) is 31.1 Å². The standard InChI is InChI=1S/C24H22F3N3O5S/c1-30(18-7-9-19(35-2)10-8-18)23(31)21(13-15-11-16(25)14-17(26)12-15)28-24(32)29-36(33,34)22-6-4-3-5-20(22)27/h3-12,14,21H,13H2,1-2H3,(H2,28,29,32)/t21-/m0/s1. The highest BCUT2D eigenvalue weighted by Gasteiger charge is 2.28. The Morgan fingerprint density at radius 3 is 2.17 bits per heavy atom. The van der Waals surface area contributed by atoms with Gasteiger partial charge in [-0.2, -0.15) is 0 Å². The molecular formula is C24H22F3N3O5S. The van der Waals surface area contributed by atoms with Gasteiger partial charge in [0.1, 0.15) is 34.1 Å². The number of nitrogens with zero attached hydrogens (tertiary/aromatic N) is 1. The van der Waals surface area contributed by atoms with Crippen molar-refractivity contribution >= 4 is 27.6 Å². The summed E-state index contributed by atoms with van der Waals surface area (Å²) in [4.78, 5) is 26.2. The molecular weight excluding hydrogens is 499 g/mol. The average Bonchev–Trinajstić information content (AvgIpc) is 2.82. The fourth-order valence-electron chi connectivity index (χ4n) is 3.36. The lowest BCUT2D eigenvalue weighted by Gasteiger charge is -2.25. The predicted octanol–water partition coefficient (Wildman–Crippen LogP) is 3.37.